The summed E-state index contributed by atoms with van der Waals surface area (Å²) in [5.41, 5.74) is 0.269. The summed E-state index contributed by atoms with van der Waals surface area (Å²) in [5, 5.41) is 4.20. The lowest BCUT2D eigenvalue weighted by atomic mass is 9.73. The zero-order chi connectivity index (χ0) is 23.3. The topological polar surface area (TPSA) is 75.5 Å². The van der Waals surface area contributed by atoms with E-state index in [4.69, 9.17) is 0 Å². The number of nitrogens with zero attached hydrogens (tertiary/aromatic N) is 4. The Balaban J connectivity index is 1.47. The number of fused-ring (bicyclic) bond motifs is 2. The van der Waals surface area contributed by atoms with E-state index in [0.29, 0.717) is 43.7 Å². The van der Waals surface area contributed by atoms with Crippen LogP contribution in [0, 0.1) is 0 Å². The van der Waals surface area contributed by atoms with Crippen molar-refractivity contribution in [1.82, 2.24) is 14.7 Å². The van der Waals surface area contributed by atoms with Gasteiger partial charge in [0.25, 0.3) is 0 Å². The van der Waals surface area contributed by atoms with Gasteiger partial charge in [0.05, 0.1) is 29.5 Å². The Labute approximate surface area is 184 Å². The molecule has 1 aromatic heterocycles. The fourth-order valence-corrected chi connectivity index (χ4v) is 5.16. The van der Waals surface area contributed by atoms with Crippen molar-refractivity contribution in [3.05, 3.63) is 47.3 Å². The maximum Gasteiger partial charge on any atom is 0.416 e. The number of halogens is 3. The van der Waals surface area contributed by atoms with Gasteiger partial charge < -0.3 is 4.90 Å². The molecular formula is C21H25F3N4O3S. The average Bonchev–Trinajstić information content (AvgIpc) is 3.24. The summed E-state index contributed by atoms with van der Waals surface area (Å²) in [5.74, 6) is -0.143. The summed E-state index contributed by atoms with van der Waals surface area (Å²) < 4.78 is 64.1. The Bertz CT molecular complexity index is 1140. The lowest BCUT2D eigenvalue weighted by Gasteiger charge is -2.38. The maximum atomic E-state index is 13.3. The van der Waals surface area contributed by atoms with Crippen molar-refractivity contribution in [2.45, 2.75) is 37.5 Å². The number of likely N-dealkylation sites (tertiary alicyclic amines) is 1. The van der Waals surface area contributed by atoms with E-state index in [2.05, 4.69) is 10.00 Å². The number of benzene rings is 1. The molecule has 32 heavy (non-hydrogen) atoms. The minimum Gasteiger partial charge on any atom is -0.314 e. The first-order valence-corrected chi connectivity index (χ1v) is 12.4. The normalized spacial score (nSPS) is 19.0. The number of amides is 1. The highest BCUT2D eigenvalue weighted by Gasteiger charge is 2.51. The van der Waals surface area contributed by atoms with Crippen molar-refractivity contribution in [2.75, 3.05) is 37.0 Å². The van der Waals surface area contributed by atoms with Crippen LogP contribution in [0.5, 0.6) is 0 Å². The second-order valence-corrected chi connectivity index (χ2v) is 11.0. The van der Waals surface area contributed by atoms with Crippen LogP contribution in [-0.4, -0.2) is 61.2 Å². The molecule has 0 unspecified atom stereocenters. The van der Waals surface area contributed by atoms with Crippen LogP contribution in [0.3, 0.4) is 0 Å². The highest BCUT2D eigenvalue weighted by molar-refractivity contribution is 7.90. The monoisotopic (exact) mass is 470 g/mol. The fraction of sp³-hybridized carbons (Fsp3) is 0.524. The van der Waals surface area contributed by atoms with E-state index in [-0.39, 0.29) is 18.2 Å². The predicted octanol–water partition coefficient (Wildman–Crippen LogP) is 2.46. The summed E-state index contributed by atoms with van der Waals surface area (Å²) in [6.07, 6.45) is 1.08. The number of aryl methyl sites for hydroxylation is 1. The summed E-state index contributed by atoms with van der Waals surface area (Å²) in [6.45, 7) is 1.98. The zero-order valence-electron chi connectivity index (χ0n) is 17.9. The van der Waals surface area contributed by atoms with Crippen LogP contribution in [0.25, 0.3) is 0 Å². The van der Waals surface area contributed by atoms with Gasteiger partial charge in [0.2, 0.25) is 5.91 Å². The Morgan fingerprint density at radius 3 is 2.50 bits per heavy atom. The summed E-state index contributed by atoms with van der Waals surface area (Å²) >= 11 is 0. The summed E-state index contributed by atoms with van der Waals surface area (Å²) in [7, 11) is -1.47. The summed E-state index contributed by atoms with van der Waals surface area (Å²) in [6, 6.07) is 3.55. The molecule has 1 spiro atoms. The summed E-state index contributed by atoms with van der Waals surface area (Å²) in [4.78, 5) is 16.7. The fourth-order valence-electron chi connectivity index (χ4n) is 4.64. The van der Waals surface area contributed by atoms with Gasteiger partial charge in [0.1, 0.15) is 9.84 Å². The van der Waals surface area contributed by atoms with Crippen LogP contribution < -0.4 is 4.90 Å². The lowest BCUT2D eigenvalue weighted by molar-refractivity contribution is -0.137. The van der Waals surface area contributed by atoms with E-state index in [1.807, 2.05) is 0 Å². The van der Waals surface area contributed by atoms with Gasteiger partial charge >= 0.3 is 6.18 Å². The second-order valence-electron chi connectivity index (χ2n) is 8.69. The van der Waals surface area contributed by atoms with Crippen molar-refractivity contribution in [1.29, 1.82) is 0 Å². The Kier molecular flexibility index (Phi) is 5.61. The van der Waals surface area contributed by atoms with Gasteiger partial charge in [-0.1, -0.05) is 0 Å². The Morgan fingerprint density at radius 1 is 1.19 bits per heavy atom. The molecule has 0 N–H and O–H groups in total. The standard InChI is InChI=1S/C21H25F3N4O3S/c1-26-18-4-3-16(21(22,23)24)11-17(18)20(19(26)29)5-7-27(8-6-20)13-15-12-25-28(14-15)9-10-32(2,30)31/h3-4,11-12,14H,5-10,13H2,1-2H3. The SMILES string of the molecule is CN1C(=O)C2(CCN(Cc3cnn(CCS(C)(=O)=O)c3)CC2)c2cc(C(F)(F)F)ccc21. The van der Waals surface area contributed by atoms with Crippen LogP contribution in [0.4, 0.5) is 18.9 Å². The van der Waals surface area contributed by atoms with E-state index in [0.717, 1.165) is 17.7 Å². The molecule has 3 heterocycles. The third-order valence-corrected chi connectivity index (χ3v) is 7.33. The van der Waals surface area contributed by atoms with Gasteiger partial charge in [-0.2, -0.15) is 18.3 Å². The van der Waals surface area contributed by atoms with E-state index in [9.17, 15) is 26.4 Å². The average molecular weight is 471 g/mol. The molecule has 174 valence electrons. The molecular weight excluding hydrogens is 445 g/mol. The van der Waals surface area contributed by atoms with Gasteiger partial charge in [-0.05, 0) is 49.7 Å². The van der Waals surface area contributed by atoms with Crippen LogP contribution in [-0.2, 0) is 39.3 Å². The van der Waals surface area contributed by atoms with E-state index in [1.54, 1.807) is 24.1 Å². The molecule has 2 aromatic rings. The van der Waals surface area contributed by atoms with Crippen LogP contribution >= 0.6 is 0 Å². The largest absolute Gasteiger partial charge is 0.416 e. The number of carbonyl (C=O) groups is 1. The first kappa shape index (κ1) is 22.8. The number of alkyl halides is 3. The molecule has 1 aromatic carbocycles. The minimum absolute atomic E-state index is 0.00923. The molecule has 1 fully saturated rings. The molecule has 4 rings (SSSR count). The van der Waals surface area contributed by atoms with Crippen LogP contribution in [0.1, 0.15) is 29.5 Å². The van der Waals surface area contributed by atoms with Crippen molar-refractivity contribution in [3.8, 4) is 0 Å². The molecule has 2 aliphatic heterocycles. The van der Waals surface area contributed by atoms with Gasteiger partial charge in [-0.15, -0.1) is 0 Å². The van der Waals surface area contributed by atoms with Crippen molar-refractivity contribution >= 4 is 21.4 Å². The smallest absolute Gasteiger partial charge is 0.314 e. The number of hydrogen-bond donors (Lipinski definition) is 0. The number of anilines is 1. The number of aromatic nitrogens is 2. The van der Waals surface area contributed by atoms with Gasteiger partial charge in [0, 0.05) is 37.3 Å². The first-order valence-electron chi connectivity index (χ1n) is 10.3. The molecule has 0 atom stereocenters. The third-order valence-electron chi connectivity index (χ3n) is 6.41. The predicted molar refractivity (Wildman–Crippen MR) is 113 cm³/mol. The molecule has 0 saturated carbocycles. The first-order chi connectivity index (χ1) is 14.9. The molecule has 0 aliphatic carbocycles. The third kappa shape index (κ3) is 4.27. The molecule has 1 amide bonds. The van der Waals surface area contributed by atoms with E-state index < -0.39 is 27.0 Å². The second kappa shape index (κ2) is 7.87. The van der Waals surface area contributed by atoms with Crippen molar-refractivity contribution in [2.24, 2.45) is 0 Å². The van der Waals surface area contributed by atoms with Crippen molar-refractivity contribution in [3.63, 3.8) is 0 Å². The maximum absolute atomic E-state index is 13.3. The number of hydrogen-bond acceptors (Lipinski definition) is 5. The minimum atomic E-state index is -4.46. The highest BCUT2D eigenvalue weighted by Crippen LogP contribution is 2.49. The molecule has 7 nitrogen and oxygen atoms in total. The number of piperidine rings is 1. The molecule has 2 aliphatic rings. The van der Waals surface area contributed by atoms with Crippen LogP contribution in [0.2, 0.25) is 0 Å². The van der Waals surface area contributed by atoms with E-state index in [1.165, 1.54) is 17.2 Å². The molecule has 11 heteroatoms. The number of rotatable bonds is 5. The molecule has 0 bridgehead atoms. The Morgan fingerprint density at radius 2 is 1.88 bits per heavy atom. The number of carbonyl (C=O) groups excluding carboxylic acids is 1. The zero-order valence-corrected chi connectivity index (χ0v) is 18.7. The quantitative estimate of drug-likeness (QED) is 0.671. The Hall–Kier alpha value is -2.40. The van der Waals surface area contributed by atoms with Crippen molar-refractivity contribution < 1.29 is 26.4 Å². The molecule has 1 saturated heterocycles. The van der Waals surface area contributed by atoms with Gasteiger partial charge in [-0.25, -0.2) is 8.42 Å². The van der Waals surface area contributed by atoms with E-state index >= 15 is 0 Å². The number of sulfone groups is 1. The highest BCUT2D eigenvalue weighted by atomic mass is 32.2. The van der Waals surface area contributed by atoms with Gasteiger partial charge in [0.15, 0.2) is 0 Å². The van der Waals surface area contributed by atoms with Crippen LogP contribution in [0.15, 0.2) is 30.6 Å². The lowest BCUT2D eigenvalue weighted by Crippen LogP contribution is -2.47. The molecule has 0 radical (unpaired) electrons. The van der Waals surface area contributed by atoms with Gasteiger partial charge in [-0.3, -0.25) is 14.4 Å². The number of likely N-dealkylation sites (N-methyl/N-ethyl adjacent to an activating group) is 1.